The largest absolute Gasteiger partial charge is 0.497 e. The fourth-order valence-corrected chi connectivity index (χ4v) is 2.84. The number of hydrogen-bond acceptors (Lipinski definition) is 3. The molecule has 0 fully saturated rings. The van der Waals surface area contributed by atoms with Crippen LogP contribution in [-0.2, 0) is 6.61 Å². The molecule has 0 aromatic heterocycles. The van der Waals surface area contributed by atoms with Gasteiger partial charge in [-0.15, -0.1) is 0 Å². The van der Waals surface area contributed by atoms with Crippen molar-refractivity contribution < 1.29 is 14.6 Å². The average molecular weight is 372 g/mol. The van der Waals surface area contributed by atoms with Gasteiger partial charge in [-0.3, -0.25) is 0 Å². The quantitative estimate of drug-likeness (QED) is 0.554. The van der Waals surface area contributed by atoms with E-state index in [1.807, 2.05) is 85.0 Å². The molecule has 0 aliphatic carbocycles. The summed E-state index contributed by atoms with van der Waals surface area (Å²) in [6, 6.07) is 21.9. The van der Waals surface area contributed by atoms with Crippen molar-refractivity contribution in [2.45, 2.75) is 6.61 Å². The van der Waals surface area contributed by atoms with Gasteiger partial charge in [-0.2, -0.15) is 0 Å². The molecule has 0 unspecified atom stereocenters. The Balaban J connectivity index is 1.80. The standard InChI is InChI=1S/C25H24O3/c1-27-24-11-7-19(8-12-24)3-5-21-15-22(17-23(16-21)18-26)6-4-20-9-13-25(28-2)14-10-20/h3-17,26H,18H2,1-2H3/b5-3+,6-4+. The van der Waals surface area contributed by atoms with Crippen molar-refractivity contribution in [3.8, 4) is 11.5 Å². The Bertz CT molecular complexity index is 876. The second kappa shape index (κ2) is 9.58. The predicted octanol–water partition coefficient (Wildman–Crippen LogP) is 5.54. The van der Waals surface area contributed by atoms with Gasteiger partial charge >= 0.3 is 0 Å². The number of aliphatic hydroxyl groups excluding tert-OH is 1. The number of aliphatic hydroxyl groups is 1. The Morgan fingerprint density at radius 2 is 1.00 bits per heavy atom. The van der Waals surface area contributed by atoms with Crippen LogP contribution in [-0.4, -0.2) is 19.3 Å². The highest BCUT2D eigenvalue weighted by Crippen LogP contribution is 2.19. The first-order valence-corrected chi connectivity index (χ1v) is 9.09. The third-order valence-electron chi connectivity index (χ3n) is 4.39. The molecule has 0 aliphatic rings. The van der Waals surface area contributed by atoms with E-state index in [4.69, 9.17) is 9.47 Å². The van der Waals surface area contributed by atoms with Crippen LogP contribution in [0.5, 0.6) is 11.5 Å². The maximum absolute atomic E-state index is 9.60. The Kier molecular flexibility index (Phi) is 6.66. The summed E-state index contributed by atoms with van der Waals surface area (Å²) >= 11 is 0. The molecule has 3 nitrogen and oxygen atoms in total. The van der Waals surface area contributed by atoms with E-state index in [1.54, 1.807) is 14.2 Å². The van der Waals surface area contributed by atoms with Crippen molar-refractivity contribution in [1.29, 1.82) is 0 Å². The number of rotatable bonds is 7. The Hall–Kier alpha value is -3.30. The zero-order chi connectivity index (χ0) is 19.8. The summed E-state index contributed by atoms with van der Waals surface area (Å²) in [6.45, 7) is 0.00753. The highest BCUT2D eigenvalue weighted by Gasteiger charge is 1.98. The van der Waals surface area contributed by atoms with Crippen LogP contribution in [0.25, 0.3) is 24.3 Å². The lowest BCUT2D eigenvalue weighted by molar-refractivity contribution is 0.282. The van der Waals surface area contributed by atoms with Crippen LogP contribution in [0, 0.1) is 0 Å². The lowest BCUT2D eigenvalue weighted by atomic mass is 10.0. The molecule has 3 aromatic carbocycles. The normalized spacial score (nSPS) is 11.2. The Morgan fingerprint density at radius 1 is 0.607 bits per heavy atom. The van der Waals surface area contributed by atoms with Gasteiger partial charge in [0, 0.05) is 0 Å². The van der Waals surface area contributed by atoms with Gasteiger partial charge in [0.05, 0.1) is 20.8 Å². The highest BCUT2D eigenvalue weighted by molar-refractivity contribution is 5.75. The number of methoxy groups -OCH3 is 2. The minimum Gasteiger partial charge on any atom is -0.497 e. The van der Waals surface area contributed by atoms with E-state index in [9.17, 15) is 5.11 Å². The molecule has 28 heavy (non-hydrogen) atoms. The van der Waals surface area contributed by atoms with Gasteiger partial charge in [-0.25, -0.2) is 0 Å². The first-order valence-electron chi connectivity index (χ1n) is 9.09. The lowest BCUT2D eigenvalue weighted by Crippen LogP contribution is -1.87. The van der Waals surface area contributed by atoms with Crippen LogP contribution < -0.4 is 9.47 Å². The van der Waals surface area contributed by atoms with Crippen molar-refractivity contribution in [1.82, 2.24) is 0 Å². The smallest absolute Gasteiger partial charge is 0.118 e. The summed E-state index contributed by atoms with van der Waals surface area (Å²) in [5.74, 6) is 1.68. The lowest BCUT2D eigenvalue weighted by Gasteiger charge is -2.04. The molecular weight excluding hydrogens is 348 g/mol. The number of ether oxygens (including phenoxy) is 2. The maximum atomic E-state index is 9.60. The van der Waals surface area contributed by atoms with Gasteiger partial charge in [0.2, 0.25) is 0 Å². The molecule has 0 atom stereocenters. The highest BCUT2D eigenvalue weighted by atomic mass is 16.5. The molecule has 3 rings (SSSR count). The fraction of sp³-hybridized carbons (Fsp3) is 0.120. The van der Waals surface area contributed by atoms with E-state index in [0.29, 0.717) is 0 Å². The third-order valence-corrected chi connectivity index (χ3v) is 4.39. The summed E-state index contributed by atoms with van der Waals surface area (Å²) in [5.41, 5.74) is 5.14. The van der Waals surface area contributed by atoms with E-state index in [0.717, 1.165) is 39.3 Å². The van der Waals surface area contributed by atoms with E-state index in [2.05, 4.69) is 6.07 Å². The zero-order valence-corrected chi connectivity index (χ0v) is 16.1. The van der Waals surface area contributed by atoms with Gasteiger partial charge in [-0.1, -0.05) is 48.6 Å². The first kappa shape index (κ1) is 19.5. The van der Waals surface area contributed by atoms with Crippen molar-refractivity contribution in [2.24, 2.45) is 0 Å². The Labute approximate surface area is 166 Å². The van der Waals surface area contributed by atoms with Crippen molar-refractivity contribution in [2.75, 3.05) is 14.2 Å². The third kappa shape index (κ3) is 5.35. The zero-order valence-electron chi connectivity index (χ0n) is 16.1. The van der Waals surface area contributed by atoms with Gasteiger partial charge in [0.1, 0.15) is 11.5 Å². The molecule has 142 valence electrons. The van der Waals surface area contributed by atoms with E-state index >= 15 is 0 Å². The molecule has 0 radical (unpaired) electrons. The van der Waals surface area contributed by atoms with Crippen molar-refractivity contribution >= 4 is 24.3 Å². The molecule has 0 saturated heterocycles. The summed E-state index contributed by atoms with van der Waals surface area (Å²) in [7, 11) is 3.32. The Morgan fingerprint density at radius 3 is 1.36 bits per heavy atom. The molecule has 1 N–H and O–H groups in total. The van der Waals surface area contributed by atoms with E-state index in [1.165, 1.54) is 0 Å². The minimum atomic E-state index is 0.00753. The molecule has 3 heteroatoms. The van der Waals surface area contributed by atoms with Gasteiger partial charge in [0.15, 0.2) is 0 Å². The van der Waals surface area contributed by atoms with Crippen LogP contribution >= 0.6 is 0 Å². The molecule has 0 aliphatic heterocycles. The number of benzene rings is 3. The molecule has 0 amide bonds. The molecule has 0 heterocycles. The van der Waals surface area contributed by atoms with Gasteiger partial charge in [-0.05, 0) is 70.3 Å². The number of hydrogen-bond donors (Lipinski definition) is 1. The van der Waals surface area contributed by atoms with Crippen LogP contribution in [0.15, 0.2) is 66.7 Å². The minimum absolute atomic E-state index is 0.00753. The second-order valence-electron chi connectivity index (χ2n) is 6.38. The summed E-state index contributed by atoms with van der Waals surface area (Å²) in [5, 5.41) is 9.60. The van der Waals surface area contributed by atoms with Gasteiger partial charge < -0.3 is 14.6 Å². The fourth-order valence-electron chi connectivity index (χ4n) is 2.84. The topological polar surface area (TPSA) is 38.7 Å². The monoisotopic (exact) mass is 372 g/mol. The first-order chi connectivity index (χ1) is 13.7. The van der Waals surface area contributed by atoms with Crippen LogP contribution in [0.4, 0.5) is 0 Å². The predicted molar refractivity (Wildman–Crippen MR) is 116 cm³/mol. The van der Waals surface area contributed by atoms with Crippen molar-refractivity contribution in [3.63, 3.8) is 0 Å². The van der Waals surface area contributed by atoms with Crippen LogP contribution in [0.3, 0.4) is 0 Å². The van der Waals surface area contributed by atoms with Crippen molar-refractivity contribution in [3.05, 3.63) is 94.5 Å². The van der Waals surface area contributed by atoms with E-state index < -0.39 is 0 Å². The van der Waals surface area contributed by atoms with Crippen LogP contribution in [0.2, 0.25) is 0 Å². The summed E-state index contributed by atoms with van der Waals surface area (Å²) in [6.07, 6.45) is 8.19. The van der Waals surface area contributed by atoms with Crippen LogP contribution in [0.1, 0.15) is 27.8 Å². The summed E-state index contributed by atoms with van der Waals surface area (Å²) < 4.78 is 10.4. The van der Waals surface area contributed by atoms with Gasteiger partial charge in [0.25, 0.3) is 0 Å². The molecule has 3 aromatic rings. The molecule has 0 bridgehead atoms. The molecule has 0 saturated carbocycles. The maximum Gasteiger partial charge on any atom is 0.118 e. The molecule has 0 spiro atoms. The SMILES string of the molecule is COc1ccc(/C=C/c2cc(/C=C/c3ccc(OC)cc3)cc(CO)c2)cc1. The summed E-state index contributed by atoms with van der Waals surface area (Å²) in [4.78, 5) is 0. The molecular formula is C25H24O3. The van der Waals surface area contributed by atoms with E-state index in [-0.39, 0.29) is 6.61 Å². The average Bonchev–Trinajstić information content (AvgIpc) is 2.76. The second-order valence-corrected chi connectivity index (χ2v) is 6.38.